The molecule has 1 aromatic heterocycles. The normalized spacial score (nSPS) is 16.1. The minimum Gasteiger partial charge on any atom is -0.298 e. The molecule has 0 fully saturated rings. The van der Waals surface area contributed by atoms with Gasteiger partial charge in [-0.15, -0.1) is 0 Å². The number of aryl methyl sites for hydroxylation is 1. The molecule has 22 heavy (non-hydrogen) atoms. The van der Waals surface area contributed by atoms with Gasteiger partial charge in [-0.3, -0.25) is 9.36 Å². The molecule has 0 spiro atoms. The number of carbonyl (C=O) groups excluding carboxylic acids is 1. The summed E-state index contributed by atoms with van der Waals surface area (Å²) in [5, 5.41) is 0. The van der Waals surface area contributed by atoms with E-state index in [1.807, 2.05) is 24.3 Å². The Morgan fingerprint density at radius 1 is 1.05 bits per heavy atom. The number of nitrogens with zero attached hydrogens (tertiary/aromatic N) is 2. The zero-order chi connectivity index (χ0) is 15.3. The Balaban J connectivity index is 1.98. The first-order valence-electron chi connectivity index (χ1n) is 7.44. The zero-order valence-electron chi connectivity index (χ0n) is 12.7. The second-order valence-electron chi connectivity index (χ2n) is 5.83. The fraction of sp³-hybridized carbons (Fsp3) is 0.158. The summed E-state index contributed by atoms with van der Waals surface area (Å²) < 4.78 is 4.67. The number of aldehydes is 1. The van der Waals surface area contributed by atoms with Crippen LogP contribution in [0.25, 0.3) is 5.57 Å². The van der Waals surface area contributed by atoms with E-state index in [4.69, 9.17) is 0 Å². The second kappa shape index (κ2) is 4.67. The number of fused-ring (bicyclic) bond motifs is 2. The van der Waals surface area contributed by atoms with Gasteiger partial charge in [-0.1, -0.05) is 24.3 Å². The maximum Gasteiger partial charge on any atom is 0.228 e. The van der Waals surface area contributed by atoms with Gasteiger partial charge in [0.15, 0.2) is 5.71 Å². The van der Waals surface area contributed by atoms with Gasteiger partial charge in [0, 0.05) is 30.3 Å². The third-order valence-electron chi connectivity index (χ3n) is 4.53. The summed E-state index contributed by atoms with van der Waals surface area (Å²) in [7, 11) is 0. The Hall–Kier alpha value is -2.68. The molecule has 0 saturated heterocycles. The lowest BCUT2D eigenvalue weighted by atomic mass is 9.98. The van der Waals surface area contributed by atoms with Gasteiger partial charge in [0.1, 0.15) is 6.29 Å². The maximum absolute atomic E-state index is 10.9. The molecule has 0 bridgehead atoms. The average Bonchev–Trinajstić information content (AvgIpc) is 3.10. The molecule has 3 heteroatoms. The van der Waals surface area contributed by atoms with E-state index in [0.29, 0.717) is 5.56 Å². The van der Waals surface area contributed by atoms with Crippen LogP contribution < -0.4 is 0 Å². The molecule has 2 aliphatic rings. The highest BCUT2D eigenvalue weighted by atomic mass is 16.1. The van der Waals surface area contributed by atoms with E-state index in [1.165, 1.54) is 28.4 Å². The van der Waals surface area contributed by atoms with Gasteiger partial charge in [-0.05, 0) is 24.6 Å². The molecule has 3 nitrogen and oxygen atoms in total. The fourth-order valence-electron chi connectivity index (χ4n) is 3.25. The van der Waals surface area contributed by atoms with Crippen LogP contribution in [0.5, 0.6) is 0 Å². The summed E-state index contributed by atoms with van der Waals surface area (Å²) in [5.41, 5.74) is 8.07. The van der Waals surface area contributed by atoms with Gasteiger partial charge in [0.2, 0.25) is 12.4 Å². The van der Waals surface area contributed by atoms with E-state index in [0.717, 1.165) is 18.5 Å². The molecule has 0 amide bonds. The molecule has 3 heterocycles. The molecular formula is C19H17N2O+. The van der Waals surface area contributed by atoms with E-state index in [-0.39, 0.29) is 0 Å². The summed E-state index contributed by atoms with van der Waals surface area (Å²) >= 11 is 0. The first kappa shape index (κ1) is 13.0. The summed E-state index contributed by atoms with van der Waals surface area (Å²) in [6.45, 7) is 5.14. The monoisotopic (exact) mass is 289 g/mol. The lowest BCUT2D eigenvalue weighted by molar-refractivity contribution is -0.505. The van der Waals surface area contributed by atoms with Crippen LogP contribution in [-0.2, 0) is 6.67 Å². The summed E-state index contributed by atoms with van der Waals surface area (Å²) in [6, 6.07) is 12.2. The van der Waals surface area contributed by atoms with Crippen molar-refractivity contribution in [2.75, 3.05) is 0 Å². The largest absolute Gasteiger partial charge is 0.298 e. The predicted molar refractivity (Wildman–Crippen MR) is 87.1 cm³/mol. The smallest absolute Gasteiger partial charge is 0.228 e. The third-order valence-corrected chi connectivity index (χ3v) is 4.53. The Morgan fingerprint density at radius 3 is 2.55 bits per heavy atom. The molecule has 0 N–H and O–H groups in total. The standard InChI is InChI=1S/C19H17N2O/c1-13-3-9-17-19(16-7-5-15(11-22)6-8-16)18-10-4-14(2)21(18)12-20(13)17/h3-11H,12H2,1-2H3/q+1. The average molecular weight is 289 g/mol. The summed E-state index contributed by atoms with van der Waals surface area (Å²) in [6.07, 6.45) is 5.23. The molecular weight excluding hydrogens is 272 g/mol. The molecule has 4 rings (SSSR count). The molecule has 2 aliphatic heterocycles. The van der Waals surface area contributed by atoms with Crippen molar-refractivity contribution < 1.29 is 9.37 Å². The highest BCUT2D eigenvalue weighted by molar-refractivity contribution is 5.94. The number of rotatable bonds is 2. The van der Waals surface area contributed by atoms with Gasteiger partial charge < -0.3 is 0 Å². The van der Waals surface area contributed by atoms with E-state index in [1.54, 1.807) is 0 Å². The summed E-state index contributed by atoms with van der Waals surface area (Å²) in [4.78, 5) is 10.9. The molecule has 0 atom stereocenters. The molecule has 0 radical (unpaired) electrons. The van der Waals surface area contributed by atoms with Crippen molar-refractivity contribution in [2.45, 2.75) is 20.5 Å². The third kappa shape index (κ3) is 1.75. The van der Waals surface area contributed by atoms with Crippen LogP contribution in [0.3, 0.4) is 0 Å². The van der Waals surface area contributed by atoms with Crippen molar-refractivity contribution in [2.24, 2.45) is 0 Å². The van der Waals surface area contributed by atoms with Crippen LogP contribution in [0.15, 0.2) is 54.2 Å². The Bertz CT molecular complexity index is 877. The number of aromatic nitrogens is 1. The van der Waals surface area contributed by atoms with Crippen LogP contribution in [0.2, 0.25) is 0 Å². The van der Waals surface area contributed by atoms with E-state index in [2.05, 4.69) is 47.3 Å². The highest BCUT2D eigenvalue weighted by Crippen LogP contribution is 2.35. The SMILES string of the molecule is CC1=[N+]2Cn3c(C)ccc3C(c3ccc(C=O)cc3)=C2C=C1. The molecule has 0 unspecified atom stereocenters. The quantitative estimate of drug-likeness (QED) is 0.614. The lowest BCUT2D eigenvalue weighted by Crippen LogP contribution is -2.25. The van der Waals surface area contributed by atoms with Crippen molar-refractivity contribution in [1.82, 2.24) is 4.57 Å². The van der Waals surface area contributed by atoms with Crippen molar-refractivity contribution >= 4 is 17.6 Å². The van der Waals surface area contributed by atoms with Crippen molar-refractivity contribution in [3.8, 4) is 0 Å². The Morgan fingerprint density at radius 2 is 1.82 bits per heavy atom. The van der Waals surface area contributed by atoms with Crippen molar-refractivity contribution in [3.05, 3.63) is 76.8 Å². The lowest BCUT2D eigenvalue weighted by Gasteiger charge is -2.20. The predicted octanol–water partition coefficient (Wildman–Crippen LogP) is 3.38. The molecule has 1 aromatic carbocycles. The zero-order valence-corrected chi connectivity index (χ0v) is 12.7. The van der Waals surface area contributed by atoms with Gasteiger partial charge in [0.25, 0.3) is 0 Å². The van der Waals surface area contributed by atoms with Crippen molar-refractivity contribution in [1.29, 1.82) is 0 Å². The molecule has 0 aliphatic carbocycles. The maximum atomic E-state index is 10.9. The Labute approximate surface area is 129 Å². The minimum atomic E-state index is 0.707. The topological polar surface area (TPSA) is 25.0 Å². The highest BCUT2D eigenvalue weighted by Gasteiger charge is 2.32. The van der Waals surface area contributed by atoms with Crippen LogP contribution in [-0.4, -0.2) is 21.1 Å². The molecule has 2 aromatic rings. The van der Waals surface area contributed by atoms with Crippen LogP contribution in [0, 0.1) is 6.92 Å². The fourth-order valence-corrected chi connectivity index (χ4v) is 3.25. The number of hydrogen-bond donors (Lipinski definition) is 0. The Kier molecular flexibility index (Phi) is 2.76. The molecule has 108 valence electrons. The summed E-state index contributed by atoms with van der Waals surface area (Å²) in [5.74, 6) is 0. The van der Waals surface area contributed by atoms with Gasteiger partial charge in [0.05, 0.1) is 11.3 Å². The number of carbonyl (C=O) groups is 1. The van der Waals surface area contributed by atoms with Crippen LogP contribution >= 0.6 is 0 Å². The minimum absolute atomic E-state index is 0.707. The van der Waals surface area contributed by atoms with Gasteiger partial charge >= 0.3 is 0 Å². The molecule has 0 saturated carbocycles. The second-order valence-corrected chi connectivity index (χ2v) is 5.83. The van der Waals surface area contributed by atoms with Gasteiger partial charge in [-0.2, -0.15) is 4.58 Å². The number of allylic oxidation sites excluding steroid dienone is 2. The van der Waals surface area contributed by atoms with Crippen molar-refractivity contribution in [3.63, 3.8) is 0 Å². The van der Waals surface area contributed by atoms with E-state index in [9.17, 15) is 4.79 Å². The van der Waals surface area contributed by atoms with Crippen LogP contribution in [0.4, 0.5) is 0 Å². The van der Waals surface area contributed by atoms with Crippen LogP contribution in [0.1, 0.15) is 34.2 Å². The van der Waals surface area contributed by atoms with E-state index >= 15 is 0 Å². The van der Waals surface area contributed by atoms with E-state index < -0.39 is 0 Å². The number of hydrogen-bond acceptors (Lipinski definition) is 1. The van der Waals surface area contributed by atoms with Gasteiger partial charge in [-0.25, -0.2) is 0 Å². The number of benzene rings is 1. The first-order chi connectivity index (χ1) is 10.7. The first-order valence-corrected chi connectivity index (χ1v) is 7.44.